The molecule has 3 rings (SSSR count). The summed E-state index contributed by atoms with van der Waals surface area (Å²) in [5, 5.41) is 7.16. The quantitative estimate of drug-likeness (QED) is 0.321. The third-order valence-corrected chi connectivity index (χ3v) is 6.06. The number of halogens is 1. The lowest BCUT2D eigenvalue weighted by atomic mass is 9.98. The Morgan fingerprint density at radius 3 is 2.47 bits per heavy atom. The zero-order valence-corrected chi connectivity index (χ0v) is 21.1. The Morgan fingerprint density at radius 1 is 1.10 bits per heavy atom. The second-order valence-corrected chi connectivity index (χ2v) is 8.00. The Kier molecular flexibility index (Phi) is 10.3. The van der Waals surface area contributed by atoms with E-state index in [4.69, 9.17) is 9.47 Å². The second-order valence-electron chi connectivity index (χ2n) is 8.00. The molecule has 1 aromatic rings. The molecule has 0 saturated carbocycles. The van der Waals surface area contributed by atoms with Crippen LogP contribution in [0, 0.1) is 5.92 Å². The lowest BCUT2D eigenvalue weighted by molar-refractivity contribution is 0.183. The zero-order chi connectivity index (χ0) is 20.6. The summed E-state index contributed by atoms with van der Waals surface area (Å²) in [6.07, 6.45) is 3.68. The van der Waals surface area contributed by atoms with Crippen molar-refractivity contribution in [2.24, 2.45) is 10.9 Å². The molecule has 30 heavy (non-hydrogen) atoms. The van der Waals surface area contributed by atoms with E-state index >= 15 is 0 Å². The molecular formula is C22H38IN5O2. The maximum atomic E-state index is 5.42. The fourth-order valence-corrected chi connectivity index (χ4v) is 4.32. The van der Waals surface area contributed by atoms with Crippen molar-refractivity contribution in [2.75, 3.05) is 65.4 Å². The molecule has 0 bridgehead atoms. The molecule has 2 N–H and O–H groups in total. The largest absolute Gasteiger partial charge is 0.497 e. The van der Waals surface area contributed by atoms with Crippen LogP contribution >= 0.6 is 24.0 Å². The van der Waals surface area contributed by atoms with Gasteiger partial charge in [0.25, 0.3) is 0 Å². The number of nitrogens with zero attached hydrogens (tertiary/aromatic N) is 3. The maximum absolute atomic E-state index is 5.42. The van der Waals surface area contributed by atoms with E-state index in [1.807, 2.05) is 13.1 Å². The highest BCUT2D eigenvalue weighted by molar-refractivity contribution is 14.0. The molecule has 2 atom stereocenters. The summed E-state index contributed by atoms with van der Waals surface area (Å²) in [5.41, 5.74) is 1.13. The highest BCUT2D eigenvalue weighted by Crippen LogP contribution is 2.30. The Labute approximate surface area is 198 Å². The highest BCUT2D eigenvalue weighted by Gasteiger charge is 2.25. The summed E-state index contributed by atoms with van der Waals surface area (Å²) in [4.78, 5) is 9.37. The van der Waals surface area contributed by atoms with E-state index < -0.39 is 0 Å². The first kappa shape index (κ1) is 24.8. The van der Waals surface area contributed by atoms with Crippen LogP contribution in [0.25, 0.3) is 0 Å². The van der Waals surface area contributed by atoms with E-state index in [1.54, 1.807) is 14.2 Å². The first-order valence-electron chi connectivity index (χ1n) is 10.8. The fourth-order valence-electron chi connectivity index (χ4n) is 4.32. The molecule has 2 aliphatic rings. The van der Waals surface area contributed by atoms with Crippen LogP contribution in [0.4, 0.5) is 5.69 Å². The number of piperidine rings is 1. The van der Waals surface area contributed by atoms with Gasteiger partial charge in [0.15, 0.2) is 5.96 Å². The number of benzene rings is 1. The third-order valence-electron chi connectivity index (χ3n) is 6.06. The van der Waals surface area contributed by atoms with Gasteiger partial charge in [0.1, 0.15) is 11.5 Å². The van der Waals surface area contributed by atoms with Gasteiger partial charge in [-0.25, -0.2) is 0 Å². The first-order valence-corrected chi connectivity index (χ1v) is 10.8. The Hall–Kier alpha value is -1.42. The average Bonchev–Trinajstić information content (AvgIpc) is 3.24. The van der Waals surface area contributed by atoms with Gasteiger partial charge in [0, 0.05) is 63.2 Å². The molecule has 0 amide bonds. The maximum Gasteiger partial charge on any atom is 0.191 e. The minimum absolute atomic E-state index is 0. The molecule has 170 valence electrons. The lowest BCUT2D eigenvalue weighted by Crippen LogP contribution is -2.47. The summed E-state index contributed by atoms with van der Waals surface area (Å²) in [7, 11) is 5.23. The van der Waals surface area contributed by atoms with E-state index in [0.717, 1.165) is 55.7 Å². The topological polar surface area (TPSA) is 61.4 Å². The van der Waals surface area contributed by atoms with Gasteiger partial charge >= 0.3 is 0 Å². The van der Waals surface area contributed by atoms with Crippen molar-refractivity contribution in [1.82, 2.24) is 15.5 Å². The molecule has 2 saturated heterocycles. The van der Waals surface area contributed by atoms with Gasteiger partial charge in [-0.3, -0.25) is 4.99 Å². The number of likely N-dealkylation sites (tertiary alicyclic amines) is 1. The third kappa shape index (κ3) is 6.80. The van der Waals surface area contributed by atoms with Gasteiger partial charge in [0.2, 0.25) is 0 Å². The SMILES string of the molecule is CCN1CCCC(CNC(=NC)NC2CCN(c3cc(OC)cc(OC)c3)C2)C1.I. The minimum Gasteiger partial charge on any atom is -0.497 e. The van der Waals surface area contributed by atoms with E-state index in [-0.39, 0.29) is 24.0 Å². The normalized spacial score (nSPS) is 22.4. The molecule has 2 heterocycles. The van der Waals surface area contributed by atoms with E-state index in [9.17, 15) is 0 Å². The summed E-state index contributed by atoms with van der Waals surface area (Å²) < 4.78 is 10.8. The number of rotatable bonds is 7. The second kappa shape index (κ2) is 12.4. The van der Waals surface area contributed by atoms with Gasteiger partial charge in [-0.05, 0) is 38.3 Å². The van der Waals surface area contributed by atoms with Crippen molar-refractivity contribution < 1.29 is 9.47 Å². The van der Waals surface area contributed by atoms with E-state index in [1.165, 1.54) is 25.9 Å². The molecule has 2 unspecified atom stereocenters. The van der Waals surface area contributed by atoms with Crippen LogP contribution in [0.3, 0.4) is 0 Å². The predicted molar refractivity (Wildman–Crippen MR) is 135 cm³/mol. The smallest absolute Gasteiger partial charge is 0.191 e. The summed E-state index contributed by atoms with van der Waals surface area (Å²) in [6.45, 7) is 8.75. The van der Waals surface area contributed by atoms with Gasteiger partial charge < -0.3 is 29.9 Å². The number of nitrogens with one attached hydrogen (secondary N) is 2. The van der Waals surface area contributed by atoms with E-state index in [2.05, 4.69) is 44.5 Å². The van der Waals surface area contributed by atoms with Gasteiger partial charge in [0.05, 0.1) is 14.2 Å². The van der Waals surface area contributed by atoms with Crippen molar-refractivity contribution in [3.63, 3.8) is 0 Å². The monoisotopic (exact) mass is 531 g/mol. The van der Waals surface area contributed by atoms with Crippen LogP contribution < -0.4 is 25.0 Å². The molecule has 0 spiro atoms. The van der Waals surface area contributed by atoms with Crippen LogP contribution in [0.5, 0.6) is 11.5 Å². The lowest BCUT2D eigenvalue weighted by Gasteiger charge is -2.32. The van der Waals surface area contributed by atoms with Gasteiger partial charge in [-0.1, -0.05) is 6.92 Å². The Balaban J connectivity index is 0.00000320. The number of guanidine groups is 1. The highest BCUT2D eigenvalue weighted by atomic mass is 127. The van der Waals surface area contributed by atoms with Crippen LogP contribution in [-0.4, -0.2) is 77.4 Å². The van der Waals surface area contributed by atoms with Crippen LogP contribution in [0.2, 0.25) is 0 Å². The zero-order valence-electron chi connectivity index (χ0n) is 18.8. The fraction of sp³-hybridized carbons (Fsp3) is 0.682. The number of hydrogen-bond donors (Lipinski definition) is 2. The number of anilines is 1. The van der Waals surface area contributed by atoms with Crippen molar-refractivity contribution in [3.05, 3.63) is 18.2 Å². The standard InChI is InChI=1S/C22H37N5O2.HI/c1-5-26-9-6-7-17(15-26)14-24-22(23-2)25-18-8-10-27(16-18)19-11-20(28-3)13-21(12-19)29-4;/h11-13,17-18H,5-10,14-16H2,1-4H3,(H2,23,24,25);1H. The summed E-state index contributed by atoms with van der Waals surface area (Å²) >= 11 is 0. The van der Waals surface area contributed by atoms with Crippen LogP contribution in [0.1, 0.15) is 26.2 Å². The minimum atomic E-state index is 0. The molecule has 2 aliphatic heterocycles. The van der Waals surface area contributed by atoms with Crippen molar-refractivity contribution in [3.8, 4) is 11.5 Å². The Morgan fingerprint density at radius 2 is 1.83 bits per heavy atom. The van der Waals surface area contributed by atoms with Crippen LogP contribution in [-0.2, 0) is 0 Å². The number of hydrogen-bond acceptors (Lipinski definition) is 5. The van der Waals surface area contributed by atoms with Crippen molar-refractivity contribution in [2.45, 2.75) is 32.2 Å². The molecule has 7 nitrogen and oxygen atoms in total. The van der Waals surface area contributed by atoms with Crippen molar-refractivity contribution >= 4 is 35.6 Å². The molecule has 0 aliphatic carbocycles. The molecule has 0 aromatic heterocycles. The molecule has 2 fully saturated rings. The number of ether oxygens (including phenoxy) is 2. The van der Waals surface area contributed by atoms with E-state index in [0.29, 0.717) is 12.0 Å². The molecular weight excluding hydrogens is 493 g/mol. The van der Waals surface area contributed by atoms with Crippen LogP contribution in [0.15, 0.2) is 23.2 Å². The summed E-state index contributed by atoms with van der Waals surface area (Å²) in [5.74, 6) is 3.25. The first-order chi connectivity index (χ1) is 14.1. The summed E-state index contributed by atoms with van der Waals surface area (Å²) in [6, 6.07) is 6.42. The number of methoxy groups -OCH3 is 2. The van der Waals surface area contributed by atoms with Gasteiger partial charge in [-0.15, -0.1) is 24.0 Å². The molecule has 0 radical (unpaired) electrons. The van der Waals surface area contributed by atoms with Gasteiger partial charge in [-0.2, -0.15) is 0 Å². The average molecular weight is 531 g/mol. The predicted octanol–water partition coefficient (Wildman–Crippen LogP) is 2.80. The van der Waals surface area contributed by atoms with Crippen molar-refractivity contribution in [1.29, 1.82) is 0 Å². The Bertz CT molecular complexity index is 665. The number of aliphatic imine (C=N–C) groups is 1. The molecule has 1 aromatic carbocycles. The molecule has 8 heteroatoms.